The monoisotopic (exact) mass is 488 g/mol. The molecule has 188 valence electrons. The van der Waals surface area contributed by atoms with E-state index in [0.29, 0.717) is 25.9 Å². The van der Waals surface area contributed by atoms with Crippen molar-refractivity contribution in [2.75, 3.05) is 13.7 Å². The Morgan fingerprint density at radius 2 is 1.86 bits per heavy atom. The number of aromatic amines is 1. The fraction of sp³-hybridized carbons (Fsp3) is 0.393. The zero-order valence-electron chi connectivity index (χ0n) is 21.1. The zero-order valence-corrected chi connectivity index (χ0v) is 21.1. The van der Waals surface area contributed by atoms with Crippen molar-refractivity contribution in [2.45, 2.75) is 51.7 Å². The molecule has 0 bridgehead atoms. The number of nitrogens with zero attached hydrogens (tertiary/aromatic N) is 2. The van der Waals surface area contributed by atoms with E-state index in [1.807, 2.05) is 62.4 Å². The van der Waals surface area contributed by atoms with E-state index in [1.54, 1.807) is 18.9 Å². The normalized spacial score (nSPS) is 20.0. The summed E-state index contributed by atoms with van der Waals surface area (Å²) in [7, 11) is 1.60. The minimum atomic E-state index is -1.17. The second-order valence-corrected chi connectivity index (χ2v) is 10.2. The van der Waals surface area contributed by atoms with E-state index in [2.05, 4.69) is 10.3 Å². The van der Waals surface area contributed by atoms with Gasteiger partial charge in [-0.2, -0.15) is 0 Å². The number of H-pyrrole nitrogens is 1. The fourth-order valence-electron chi connectivity index (χ4n) is 5.52. The van der Waals surface area contributed by atoms with Gasteiger partial charge in [0.15, 0.2) is 5.54 Å². The van der Waals surface area contributed by atoms with Gasteiger partial charge in [0.05, 0.1) is 12.8 Å². The van der Waals surface area contributed by atoms with Crippen LogP contribution in [0, 0.1) is 5.92 Å². The Kier molecular flexibility index (Phi) is 5.98. The average molecular weight is 489 g/mol. The van der Waals surface area contributed by atoms with Crippen LogP contribution in [0.3, 0.4) is 0 Å². The number of ether oxygens (including phenoxy) is 1. The summed E-state index contributed by atoms with van der Waals surface area (Å²) in [4.78, 5) is 47.4. The second-order valence-electron chi connectivity index (χ2n) is 10.2. The molecule has 0 aliphatic carbocycles. The first kappa shape index (κ1) is 23.9. The first-order valence-electron chi connectivity index (χ1n) is 12.4. The molecule has 2 aliphatic heterocycles. The average Bonchev–Trinajstić information content (AvgIpc) is 3.35. The molecule has 5 rings (SSSR count). The smallest absolute Gasteiger partial charge is 0.328 e. The molecule has 2 aromatic carbocycles. The summed E-state index contributed by atoms with van der Waals surface area (Å²) in [6, 6.07) is 14.1. The van der Waals surface area contributed by atoms with E-state index in [1.165, 1.54) is 4.90 Å². The number of hydrogen-bond acceptors (Lipinski definition) is 4. The van der Waals surface area contributed by atoms with Gasteiger partial charge in [0, 0.05) is 24.0 Å². The van der Waals surface area contributed by atoms with Gasteiger partial charge in [-0.15, -0.1) is 0 Å². The molecular weight excluding hydrogens is 456 g/mol. The molecule has 1 fully saturated rings. The third-order valence-corrected chi connectivity index (χ3v) is 7.43. The molecule has 0 unspecified atom stereocenters. The van der Waals surface area contributed by atoms with Gasteiger partial charge in [-0.3, -0.25) is 9.59 Å². The third-order valence-electron chi connectivity index (χ3n) is 7.43. The lowest BCUT2D eigenvalue weighted by Crippen LogP contribution is -2.51. The van der Waals surface area contributed by atoms with Crippen molar-refractivity contribution < 1.29 is 19.1 Å². The van der Waals surface area contributed by atoms with Crippen molar-refractivity contribution in [1.82, 2.24) is 20.1 Å². The van der Waals surface area contributed by atoms with Gasteiger partial charge in [0.1, 0.15) is 11.8 Å². The highest BCUT2D eigenvalue weighted by Crippen LogP contribution is 2.45. The van der Waals surface area contributed by atoms with Gasteiger partial charge in [-0.25, -0.2) is 9.69 Å². The summed E-state index contributed by atoms with van der Waals surface area (Å²) in [5.74, 6) is 0.153. The minimum Gasteiger partial charge on any atom is -0.497 e. The maximum absolute atomic E-state index is 14.0. The quantitative estimate of drug-likeness (QED) is 0.493. The summed E-state index contributed by atoms with van der Waals surface area (Å²) in [6.45, 7) is 6.48. The highest BCUT2D eigenvalue weighted by Gasteiger charge is 2.60. The van der Waals surface area contributed by atoms with Crippen LogP contribution in [-0.2, 0) is 28.1 Å². The van der Waals surface area contributed by atoms with E-state index < -0.39 is 17.6 Å². The van der Waals surface area contributed by atoms with E-state index in [9.17, 15) is 14.4 Å². The van der Waals surface area contributed by atoms with Gasteiger partial charge in [-0.1, -0.05) is 44.2 Å². The Morgan fingerprint density at radius 3 is 2.56 bits per heavy atom. The Balaban J connectivity index is 1.45. The summed E-state index contributed by atoms with van der Waals surface area (Å²) < 4.78 is 5.19. The summed E-state index contributed by atoms with van der Waals surface area (Å²) in [5.41, 5.74) is 2.49. The number of rotatable bonds is 7. The van der Waals surface area contributed by atoms with E-state index in [0.717, 1.165) is 33.5 Å². The zero-order chi connectivity index (χ0) is 25.6. The maximum atomic E-state index is 14.0. The predicted octanol–water partition coefficient (Wildman–Crippen LogP) is 3.94. The molecule has 0 spiro atoms. The van der Waals surface area contributed by atoms with Crippen molar-refractivity contribution in [1.29, 1.82) is 0 Å². The number of para-hydroxylation sites is 1. The number of amides is 4. The molecule has 8 nitrogen and oxygen atoms in total. The van der Waals surface area contributed by atoms with E-state index in [-0.39, 0.29) is 17.7 Å². The number of benzene rings is 2. The fourth-order valence-corrected chi connectivity index (χ4v) is 5.52. The lowest BCUT2D eigenvalue weighted by Gasteiger charge is -2.36. The number of nitrogens with one attached hydrogen (secondary N) is 2. The Labute approximate surface area is 210 Å². The van der Waals surface area contributed by atoms with Crippen LogP contribution in [0.25, 0.3) is 10.9 Å². The van der Waals surface area contributed by atoms with Gasteiger partial charge in [-0.05, 0) is 55.0 Å². The van der Waals surface area contributed by atoms with E-state index in [4.69, 9.17) is 4.74 Å². The molecule has 0 saturated carbocycles. The summed E-state index contributed by atoms with van der Waals surface area (Å²) in [6.07, 6.45) is 1.04. The number of carbonyl (C=O) groups excluding carboxylic acids is 3. The summed E-state index contributed by atoms with van der Waals surface area (Å²) >= 11 is 0. The predicted molar refractivity (Wildman–Crippen MR) is 136 cm³/mol. The van der Waals surface area contributed by atoms with Crippen molar-refractivity contribution >= 4 is 28.7 Å². The molecule has 36 heavy (non-hydrogen) atoms. The van der Waals surface area contributed by atoms with Crippen LogP contribution in [0.1, 0.15) is 44.0 Å². The second kappa shape index (κ2) is 9.00. The Morgan fingerprint density at radius 1 is 1.14 bits per heavy atom. The van der Waals surface area contributed by atoms with E-state index >= 15 is 0 Å². The van der Waals surface area contributed by atoms with Crippen LogP contribution >= 0.6 is 0 Å². The summed E-state index contributed by atoms with van der Waals surface area (Å²) in [5, 5.41) is 4.01. The maximum Gasteiger partial charge on any atom is 0.328 e. The molecule has 2 atom stereocenters. The van der Waals surface area contributed by atoms with Crippen LogP contribution in [0.5, 0.6) is 5.75 Å². The molecular formula is C28H32N4O4. The number of methoxy groups -OCH3 is 1. The Bertz CT molecular complexity index is 1330. The number of fused-ring (bicyclic) bond motifs is 5. The molecule has 0 radical (unpaired) electrons. The lowest BCUT2D eigenvalue weighted by molar-refractivity contribution is -0.140. The van der Waals surface area contributed by atoms with Crippen molar-refractivity contribution in [3.8, 4) is 5.75 Å². The van der Waals surface area contributed by atoms with Gasteiger partial charge in [0.2, 0.25) is 5.91 Å². The molecule has 8 heteroatoms. The molecule has 2 N–H and O–H groups in total. The topological polar surface area (TPSA) is 94.7 Å². The first-order valence-corrected chi connectivity index (χ1v) is 12.4. The molecule has 3 aromatic rings. The van der Waals surface area contributed by atoms with Gasteiger partial charge in [0.25, 0.3) is 5.91 Å². The largest absolute Gasteiger partial charge is 0.497 e. The highest BCUT2D eigenvalue weighted by atomic mass is 16.5. The van der Waals surface area contributed by atoms with Gasteiger partial charge >= 0.3 is 6.03 Å². The molecule has 3 heterocycles. The molecule has 1 aromatic heterocycles. The lowest BCUT2D eigenvalue weighted by atomic mass is 9.87. The van der Waals surface area contributed by atoms with Crippen LogP contribution < -0.4 is 10.1 Å². The number of urea groups is 1. The molecule has 1 saturated heterocycles. The van der Waals surface area contributed by atoms with Crippen LogP contribution in [0.2, 0.25) is 0 Å². The number of carbonyl (C=O) groups is 3. The SMILES string of the molecule is COc1ccc(CNC(=O)[C@@H](CC(C)C)N2C(=O)N3CCc4c([nH]c5ccccc45)[C@@]3(C)C2=O)cc1. The first-order chi connectivity index (χ1) is 17.3. The van der Waals surface area contributed by atoms with Crippen LogP contribution in [0.15, 0.2) is 48.5 Å². The third kappa shape index (κ3) is 3.72. The minimum absolute atomic E-state index is 0.108. The molecule has 2 aliphatic rings. The number of hydrogen-bond donors (Lipinski definition) is 2. The van der Waals surface area contributed by atoms with Crippen LogP contribution in [0.4, 0.5) is 4.79 Å². The van der Waals surface area contributed by atoms with Gasteiger partial charge < -0.3 is 19.9 Å². The number of aromatic nitrogens is 1. The highest BCUT2D eigenvalue weighted by molar-refractivity contribution is 6.11. The van der Waals surface area contributed by atoms with Crippen molar-refractivity contribution in [3.63, 3.8) is 0 Å². The number of imide groups is 1. The van der Waals surface area contributed by atoms with Crippen molar-refractivity contribution in [3.05, 3.63) is 65.4 Å². The van der Waals surface area contributed by atoms with Crippen LogP contribution in [-0.4, -0.2) is 52.3 Å². The standard InChI is InChI=1S/C28H32N4O4/c1-17(2)15-23(25(33)29-16-18-9-11-19(36-4)12-10-18)32-26(34)28(3)24-21(13-14-31(28)27(32)35)20-7-5-6-8-22(20)30-24/h5-12,17,23,30H,13-16H2,1-4H3,(H,29,33)/t23-,28+/m1/s1. The molecule has 4 amide bonds. The van der Waals surface area contributed by atoms with Crippen molar-refractivity contribution in [2.24, 2.45) is 5.92 Å². The Hall–Kier alpha value is -3.81.